The molecule has 122 valence electrons. The average Bonchev–Trinajstić information content (AvgIpc) is 2.89. The number of nitrogens with zero attached hydrogens (tertiary/aromatic N) is 3. The Bertz CT molecular complexity index is 911. The van der Waals surface area contributed by atoms with E-state index < -0.39 is 5.91 Å². The Kier molecular flexibility index (Phi) is 4.24. The number of hydrogen-bond donors (Lipinski definition) is 2. The molecule has 0 atom stereocenters. The topological polar surface area (TPSA) is 88.9 Å². The van der Waals surface area contributed by atoms with Gasteiger partial charge in [-0.05, 0) is 32.0 Å². The van der Waals surface area contributed by atoms with E-state index in [9.17, 15) is 9.59 Å². The number of pyridine rings is 1. The summed E-state index contributed by atoms with van der Waals surface area (Å²) in [6, 6.07) is 10.8. The number of hydrogen-bond acceptors (Lipinski definition) is 4. The van der Waals surface area contributed by atoms with Crippen molar-refractivity contribution in [3.8, 4) is 0 Å². The number of aromatic nitrogens is 3. The average molecular weight is 323 g/mol. The van der Waals surface area contributed by atoms with Crippen LogP contribution in [0.15, 0.2) is 42.6 Å². The maximum Gasteiger partial charge on any atom is 0.270 e. The second kappa shape index (κ2) is 6.49. The van der Waals surface area contributed by atoms with Crippen molar-refractivity contribution in [3.63, 3.8) is 0 Å². The predicted octanol–water partition coefficient (Wildman–Crippen LogP) is 1.51. The van der Waals surface area contributed by atoms with Crippen LogP contribution >= 0.6 is 0 Å². The Morgan fingerprint density at radius 3 is 2.67 bits per heavy atom. The van der Waals surface area contributed by atoms with E-state index in [4.69, 9.17) is 0 Å². The summed E-state index contributed by atoms with van der Waals surface area (Å²) in [4.78, 5) is 28.5. The van der Waals surface area contributed by atoms with Crippen LogP contribution < -0.4 is 10.9 Å². The number of benzene rings is 1. The molecule has 0 radical (unpaired) electrons. The first-order chi connectivity index (χ1) is 11.5. The third kappa shape index (κ3) is 3.24. The first-order valence-electron chi connectivity index (χ1n) is 7.48. The maximum atomic E-state index is 12.3. The summed E-state index contributed by atoms with van der Waals surface area (Å²) in [7, 11) is 0. The van der Waals surface area contributed by atoms with Gasteiger partial charge in [0, 0.05) is 17.3 Å². The van der Waals surface area contributed by atoms with E-state index >= 15 is 0 Å². The van der Waals surface area contributed by atoms with Gasteiger partial charge < -0.3 is 0 Å². The summed E-state index contributed by atoms with van der Waals surface area (Å²) in [5.74, 6) is -0.747. The number of nitrogens with one attached hydrogen (secondary N) is 2. The van der Waals surface area contributed by atoms with Crippen LogP contribution in [0, 0.1) is 13.8 Å². The summed E-state index contributed by atoms with van der Waals surface area (Å²) >= 11 is 0. The second-order valence-electron chi connectivity index (χ2n) is 5.46. The van der Waals surface area contributed by atoms with Crippen molar-refractivity contribution in [3.05, 3.63) is 59.5 Å². The van der Waals surface area contributed by atoms with E-state index in [2.05, 4.69) is 20.9 Å². The van der Waals surface area contributed by atoms with Crippen LogP contribution in [-0.2, 0) is 11.3 Å². The van der Waals surface area contributed by atoms with Crippen LogP contribution in [0.5, 0.6) is 0 Å². The first kappa shape index (κ1) is 15.7. The maximum absolute atomic E-state index is 12.3. The van der Waals surface area contributed by atoms with E-state index in [1.165, 1.54) is 0 Å². The smallest absolute Gasteiger partial charge is 0.270 e. The third-order valence-electron chi connectivity index (χ3n) is 3.61. The number of carbonyl (C=O) groups excluding carboxylic acids is 2. The lowest BCUT2D eigenvalue weighted by atomic mass is 10.1. The SMILES string of the molecule is Cc1cc(C)n(CC(=O)NNC(=O)c2ccnc3ccccc23)n1. The first-order valence-corrected chi connectivity index (χ1v) is 7.48. The van der Waals surface area contributed by atoms with E-state index in [1.54, 1.807) is 16.9 Å². The van der Waals surface area contributed by atoms with E-state index in [0.717, 1.165) is 22.3 Å². The molecule has 1 aromatic carbocycles. The minimum atomic E-state index is -0.393. The molecule has 7 heteroatoms. The van der Waals surface area contributed by atoms with Gasteiger partial charge in [-0.3, -0.25) is 30.1 Å². The van der Waals surface area contributed by atoms with Crippen molar-refractivity contribution in [1.29, 1.82) is 0 Å². The summed E-state index contributed by atoms with van der Waals surface area (Å²) < 4.78 is 1.58. The largest absolute Gasteiger partial charge is 0.271 e. The molecule has 2 amide bonds. The Hall–Kier alpha value is -3.22. The van der Waals surface area contributed by atoms with Crippen molar-refractivity contribution in [2.75, 3.05) is 0 Å². The number of fused-ring (bicyclic) bond motifs is 1. The van der Waals surface area contributed by atoms with Gasteiger partial charge in [0.15, 0.2) is 0 Å². The van der Waals surface area contributed by atoms with Gasteiger partial charge >= 0.3 is 0 Å². The highest BCUT2D eigenvalue weighted by molar-refractivity contribution is 6.06. The van der Waals surface area contributed by atoms with Gasteiger partial charge in [-0.15, -0.1) is 0 Å². The normalized spacial score (nSPS) is 10.6. The minimum absolute atomic E-state index is 0.0387. The van der Waals surface area contributed by atoms with E-state index in [1.807, 2.05) is 44.2 Å². The number of rotatable bonds is 3. The quantitative estimate of drug-likeness (QED) is 0.715. The molecule has 0 unspecified atom stereocenters. The molecular weight excluding hydrogens is 306 g/mol. The van der Waals surface area contributed by atoms with Crippen LogP contribution in [0.3, 0.4) is 0 Å². The van der Waals surface area contributed by atoms with E-state index in [-0.39, 0.29) is 12.5 Å². The van der Waals surface area contributed by atoms with Crippen LogP contribution in [0.4, 0.5) is 0 Å². The second-order valence-corrected chi connectivity index (χ2v) is 5.46. The molecule has 7 nitrogen and oxygen atoms in total. The predicted molar refractivity (Wildman–Crippen MR) is 89.1 cm³/mol. The lowest BCUT2D eigenvalue weighted by molar-refractivity contribution is -0.122. The molecular formula is C17H17N5O2. The summed E-state index contributed by atoms with van der Waals surface area (Å²) in [6.07, 6.45) is 1.56. The molecule has 0 aliphatic heterocycles. The molecule has 0 bridgehead atoms. The number of aryl methyl sites for hydroxylation is 2. The zero-order valence-electron chi connectivity index (χ0n) is 13.4. The monoisotopic (exact) mass is 323 g/mol. The highest BCUT2D eigenvalue weighted by Gasteiger charge is 2.12. The lowest BCUT2D eigenvalue weighted by Gasteiger charge is -2.09. The van der Waals surface area contributed by atoms with Gasteiger partial charge in [0.2, 0.25) is 0 Å². The molecule has 0 saturated heterocycles. The summed E-state index contributed by atoms with van der Waals surface area (Å²) in [5, 5.41) is 4.94. The van der Waals surface area contributed by atoms with Gasteiger partial charge in [-0.25, -0.2) is 0 Å². The van der Waals surface area contributed by atoms with Crippen molar-refractivity contribution >= 4 is 22.7 Å². The zero-order valence-corrected chi connectivity index (χ0v) is 13.4. The standard InChI is InChI=1S/C17H17N5O2/c1-11-9-12(2)22(21-11)10-16(23)19-20-17(24)14-7-8-18-15-6-4-3-5-13(14)15/h3-9H,10H2,1-2H3,(H,19,23)(H,20,24). The Morgan fingerprint density at radius 2 is 1.92 bits per heavy atom. The van der Waals surface area contributed by atoms with Crippen LogP contribution in [0.1, 0.15) is 21.7 Å². The summed E-state index contributed by atoms with van der Waals surface area (Å²) in [5.41, 5.74) is 7.74. The highest BCUT2D eigenvalue weighted by atomic mass is 16.2. The van der Waals surface area contributed by atoms with Crippen molar-refractivity contribution < 1.29 is 9.59 Å². The molecule has 0 spiro atoms. The molecule has 2 aromatic heterocycles. The molecule has 0 aliphatic rings. The minimum Gasteiger partial charge on any atom is -0.271 e. The Morgan fingerprint density at radius 1 is 1.12 bits per heavy atom. The van der Waals surface area contributed by atoms with Gasteiger partial charge in [0.1, 0.15) is 6.54 Å². The molecule has 0 saturated carbocycles. The summed E-state index contributed by atoms with van der Waals surface area (Å²) in [6.45, 7) is 3.77. The lowest BCUT2D eigenvalue weighted by Crippen LogP contribution is -2.43. The fourth-order valence-electron chi connectivity index (χ4n) is 2.50. The zero-order chi connectivity index (χ0) is 17.1. The fourth-order valence-corrected chi connectivity index (χ4v) is 2.50. The van der Waals surface area contributed by atoms with Gasteiger partial charge in [0.25, 0.3) is 11.8 Å². The third-order valence-corrected chi connectivity index (χ3v) is 3.61. The van der Waals surface area contributed by atoms with Crippen LogP contribution in [0.2, 0.25) is 0 Å². The van der Waals surface area contributed by atoms with Crippen LogP contribution in [0.25, 0.3) is 10.9 Å². The molecule has 3 aromatic rings. The number of amides is 2. The molecule has 0 fully saturated rings. The molecule has 0 aliphatic carbocycles. The van der Waals surface area contributed by atoms with Gasteiger partial charge in [-0.2, -0.15) is 5.10 Å². The number of para-hydroxylation sites is 1. The van der Waals surface area contributed by atoms with Gasteiger partial charge in [0.05, 0.1) is 16.8 Å². The Labute approximate surface area is 138 Å². The van der Waals surface area contributed by atoms with Crippen molar-refractivity contribution in [1.82, 2.24) is 25.6 Å². The van der Waals surface area contributed by atoms with Crippen LogP contribution in [-0.4, -0.2) is 26.6 Å². The molecule has 2 heterocycles. The van der Waals surface area contributed by atoms with E-state index in [0.29, 0.717) is 5.56 Å². The number of hydrazine groups is 1. The highest BCUT2D eigenvalue weighted by Crippen LogP contribution is 2.15. The Balaban J connectivity index is 1.66. The van der Waals surface area contributed by atoms with Crippen molar-refractivity contribution in [2.24, 2.45) is 0 Å². The molecule has 3 rings (SSSR count). The fraction of sp³-hybridized carbons (Fsp3) is 0.176. The van der Waals surface area contributed by atoms with Crippen molar-refractivity contribution in [2.45, 2.75) is 20.4 Å². The van der Waals surface area contributed by atoms with Gasteiger partial charge in [-0.1, -0.05) is 18.2 Å². The molecule has 24 heavy (non-hydrogen) atoms. The molecule has 2 N–H and O–H groups in total. The number of carbonyl (C=O) groups is 2.